The summed E-state index contributed by atoms with van der Waals surface area (Å²) in [7, 11) is 0. The van der Waals surface area contributed by atoms with Gasteiger partial charge in [-0.3, -0.25) is 4.79 Å². The Balaban J connectivity index is 2.30. The van der Waals surface area contributed by atoms with Gasteiger partial charge in [0.1, 0.15) is 11.8 Å². The highest BCUT2D eigenvalue weighted by atomic mass is 16.5. The van der Waals surface area contributed by atoms with E-state index in [0.717, 1.165) is 11.1 Å². The van der Waals surface area contributed by atoms with Gasteiger partial charge in [-0.2, -0.15) is 0 Å². The third-order valence-electron chi connectivity index (χ3n) is 3.21. The molecule has 2 rings (SSSR count). The molecule has 0 aromatic heterocycles. The van der Waals surface area contributed by atoms with Crippen LogP contribution in [0.1, 0.15) is 35.6 Å². The van der Waals surface area contributed by atoms with Crippen LogP contribution in [0.5, 0.6) is 5.75 Å². The lowest BCUT2D eigenvalue weighted by molar-refractivity contribution is -0.138. The Morgan fingerprint density at radius 3 is 2.72 bits per heavy atom. The molecule has 98 valence electrons. The molecular formula is C14H19NO3. The second-order valence-corrected chi connectivity index (χ2v) is 5.07. The van der Waals surface area contributed by atoms with Crippen LogP contribution in [0.4, 0.5) is 0 Å². The molecule has 18 heavy (non-hydrogen) atoms. The fraction of sp³-hybridized carbons (Fsp3) is 0.500. The predicted molar refractivity (Wildman–Crippen MR) is 68.7 cm³/mol. The van der Waals surface area contributed by atoms with Crippen molar-refractivity contribution in [2.75, 3.05) is 6.61 Å². The molecule has 0 radical (unpaired) electrons. The number of aryl methyl sites for hydroxylation is 2. The predicted octanol–water partition coefficient (Wildman–Crippen LogP) is 2.18. The number of aliphatic carboxylic acids is 1. The zero-order valence-electron chi connectivity index (χ0n) is 10.8. The monoisotopic (exact) mass is 249 g/mol. The van der Waals surface area contributed by atoms with Crippen molar-refractivity contribution in [2.24, 2.45) is 11.7 Å². The molecule has 1 aliphatic carbocycles. The first kappa shape index (κ1) is 12.9. The lowest BCUT2D eigenvalue weighted by Crippen LogP contribution is -2.22. The average Bonchev–Trinajstić information content (AvgIpc) is 3.09. The van der Waals surface area contributed by atoms with Crippen molar-refractivity contribution in [2.45, 2.75) is 32.7 Å². The summed E-state index contributed by atoms with van der Waals surface area (Å²) in [5.74, 6) is 0.235. The minimum absolute atomic E-state index is 0.570. The molecule has 1 atom stereocenters. The minimum Gasteiger partial charge on any atom is -0.493 e. The number of nitrogens with two attached hydrogens (primary N) is 1. The number of benzene rings is 1. The zero-order chi connectivity index (χ0) is 13.3. The van der Waals surface area contributed by atoms with Gasteiger partial charge in [0, 0.05) is 5.56 Å². The maximum Gasteiger partial charge on any atom is 0.325 e. The molecule has 4 heteroatoms. The van der Waals surface area contributed by atoms with E-state index in [1.165, 1.54) is 12.8 Å². The molecule has 0 spiro atoms. The number of hydrogen-bond donors (Lipinski definition) is 2. The van der Waals surface area contributed by atoms with E-state index >= 15 is 0 Å². The lowest BCUT2D eigenvalue weighted by atomic mass is 10.00. The topological polar surface area (TPSA) is 72.5 Å². The van der Waals surface area contributed by atoms with Crippen molar-refractivity contribution < 1.29 is 14.6 Å². The fourth-order valence-electron chi connectivity index (χ4n) is 2.03. The maximum absolute atomic E-state index is 11.0. The molecule has 3 N–H and O–H groups in total. The van der Waals surface area contributed by atoms with Crippen LogP contribution in [0, 0.1) is 19.8 Å². The highest BCUT2D eigenvalue weighted by Crippen LogP contribution is 2.34. The van der Waals surface area contributed by atoms with Gasteiger partial charge in [0.2, 0.25) is 0 Å². The van der Waals surface area contributed by atoms with Crippen LogP contribution >= 0.6 is 0 Å². The molecule has 0 amide bonds. The van der Waals surface area contributed by atoms with Gasteiger partial charge in [-0.1, -0.05) is 17.7 Å². The van der Waals surface area contributed by atoms with Crippen LogP contribution in [0.3, 0.4) is 0 Å². The Labute approximate surface area is 107 Å². The quantitative estimate of drug-likeness (QED) is 0.839. The molecule has 1 saturated carbocycles. The van der Waals surface area contributed by atoms with Crippen molar-refractivity contribution >= 4 is 5.97 Å². The summed E-state index contributed by atoms with van der Waals surface area (Å²) < 4.78 is 5.77. The highest BCUT2D eigenvalue weighted by Gasteiger charge is 2.25. The number of carboxylic acid groups (broad SMARTS) is 1. The average molecular weight is 249 g/mol. The first-order chi connectivity index (χ1) is 8.49. The lowest BCUT2D eigenvalue weighted by Gasteiger charge is -2.17. The molecule has 1 aromatic carbocycles. The first-order valence-corrected chi connectivity index (χ1v) is 6.21. The Kier molecular flexibility index (Phi) is 3.57. The van der Waals surface area contributed by atoms with Crippen LogP contribution in [0.2, 0.25) is 0 Å². The van der Waals surface area contributed by atoms with E-state index in [1.807, 2.05) is 19.9 Å². The van der Waals surface area contributed by atoms with Crippen molar-refractivity contribution in [1.82, 2.24) is 0 Å². The van der Waals surface area contributed by atoms with Gasteiger partial charge in [-0.25, -0.2) is 0 Å². The molecule has 1 aliphatic rings. The van der Waals surface area contributed by atoms with Gasteiger partial charge in [0.25, 0.3) is 0 Å². The fourth-order valence-corrected chi connectivity index (χ4v) is 2.03. The van der Waals surface area contributed by atoms with E-state index in [0.29, 0.717) is 23.8 Å². The zero-order valence-corrected chi connectivity index (χ0v) is 10.8. The number of carboxylic acids is 1. The summed E-state index contributed by atoms with van der Waals surface area (Å²) in [5, 5.41) is 9.05. The normalized spacial score (nSPS) is 16.4. The minimum atomic E-state index is -1.03. The summed E-state index contributed by atoms with van der Waals surface area (Å²) in [4.78, 5) is 11.0. The van der Waals surface area contributed by atoms with E-state index in [9.17, 15) is 4.79 Å². The van der Waals surface area contributed by atoms with E-state index in [4.69, 9.17) is 15.6 Å². The van der Waals surface area contributed by atoms with Crippen molar-refractivity contribution in [3.8, 4) is 5.75 Å². The number of ether oxygens (including phenoxy) is 1. The summed E-state index contributed by atoms with van der Waals surface area (Å²) in [6.45, 7) is 4.51. The molecule has 0 bridgehead atoms. The Morgan fingerprint density at radius 2 is 2.17 bits per heavy atom. The molecule has 0 heterocycles. The molecule has 4 nitrogen and oxygen atoms in total. The second kappa shape index (κ2) is 4.98. The van der Waals surface area contributed by atoms with Crippen molar-refractivity contribution in [3.63, 3.8) is 0 Å². The van der Waals surface area contributed by atoms with Gasteiger partial charge < -0.3 is 15.6 Å². The number of hydrogen-bond acceptors (Lipinski definition) is 3. The van der Waals surface area contributed by atoms with Crippen LogP contribution in [0.25, 0.3) is 0 Å². The molecule has 1 unspecified atom stereocenters. The maximum atomic E-state index is 11.0. The smallest absolute Gasteiger partial charge is 0.325 e. The summed E-state index contributed by atoms with van der Waals surface area (Å²) in [6, 6.07) is 2.76. The Bertz CT molecular complexity index is 466. The van der Waals surface area contributed by atoms with E-state index < -0.39 is 12.0 Å². The Morgan fingerprint density at radius 1 is 1.50 bits per heavy atom. The third kappa shape index (κ3) is 2.82. The van der Waals surface area contributed by atoms with Crippen molar-refractivity contribution in [3.05, 3.63) is 28.8 Å². The molecule has 1 fully saturated rings. The van der Waals surface area contributed by atoms with Gasteiger partial charge in [-0.15, -0.1) is 0 Å². The summed E-state index contributed by atoms with van der Waals surface area (Å²) >= 11 is 0. The van der Waals surface area contributed by atoms with Crippen molar-refractivity contribution in [1.29, 1.82) is 0 Å². The molecule has 0 saturated heterocycles. The number of rotatable bonds is 5. The molecule has 1 aromatic rings. The second-order valence-electron chi connectivity index (χ2n) is 5.07. The highest BCUT2D eigenvalue weighted by molar-refractivity contribution is 5.76. The third-order valence-corrected chi connectivity index (χ3v) is 3.21. The SMILES string of the molecule is Cc1cc(C)c(OCC2CC2)c(C(N)C(=O)O)c1. The summed E-state index contributed by atoms with van der Waals surface area (Å²) in [6.07, 6.45) is 2.40. The van der Waals surface area contributed by atoms with E-state index in [2.05, 4.69) is 0 Å². The Hall–Kier alpha value is -1.55. The number of carbonyl (C=O) groups is 1. The van der Waals surface area contributed by atoms with Gasteiger partial charge in [-0.05, 0) is 38.2 Å². The van der Waals surface area contributed by atoms with Gasteiger partial charge >= 0.3 is 5.97 Å². The van der Waals surface area contributed by atoms with E-state index in [1.54, 1.807) is 6.07 Å². The molecular weight excluding hydrogens is 230 g/mol. The largest absolute Gasteiger partial charge is 0.493 e. The van der Waals surface area contributed by atoms with Crippen LogP contribution < -0.4 is 10.5 Å². The summed E-state index contributed by atoms with van der Waals surface area (Å²) in [5.41, 5.74) is 8.23. The standard InChI is InChI=1S/C14H19NO3/c1-8-5-9(2)13(18-7-10-3-4-10)11(6-8)12(15)14(16)17/h5-6,10,12H,3-4,7,15H2,1-2H3,(H,16,17). The first-order valence-electron chi connectivity index (χ1n) is 6.21. The van der Waals surface area contributed by atoms with Crippen LogP contribution in [-0.4, -0.2) is 17.7 Å². The molecule has 0 aliphatic heterocycles. The van der Waals surface area contributed by atoms with Gasteiger partial charge in [0.05, 0.1) is 6.61 Å². The van der Waals surface area contributed by atoms with Crippen LogP contribution in [-0.2, 0) is 4.79 Å². The van der Waals surface area contributed by atoms with Gasteiger partial charge in [0.15, 0.2) is 0 Å². The van der Waals surface area contributed by atoms with Crippen LogP contribution in [0.15, 0.2) is 12.1 Å². The van der Waals surface area contributed by atoms with E-state index in [-0.39, 0.29) is 0 Å².